The van der Waals surface area contributed by atoms with Crippen LogP contribution in [-0.2, 0) is 0 Å². The van der Waals surface area contributed by atoms with E-state index >= 15 is 0 Å². The number of hydrogen-bond donors (Lipinski definition) is 0. The van der Waals surface area contributed by atoms with E-state index in [2.05, 4.69) is 103 Å². The highest BCUT2D eigenvalue weighted by Crippen LogP contribution is 2.63. The van der Waals surface area contributed by atoms with Crippen LogP contribution in [0.2, 0.25) is 0 Å². The molecule has 0 bridgehead atoms. The summed E-state index contributed by atoms with van der Waals surface area (Å²) in [6.07, 6.45) is 25.9. The van der Waals surface area contributed by atoms with Gasteiger partial charge in [0.25, 0.3) is 0 Å². The van der Waals surface area contributed by atoms with E-state index in [0.717, 1.165) is 12.8 Å². The molecule has 6 radical (unpaired) electrons. The van der Waals surface area contributed by atoms with Crippen molar-refractivity contribution in [3.63, 3.8) is 0 Å². The Hall–Kier alpha value is -0.0501. The number of hydrogen-bond acceptors (Lipinski definition) is 0. The molecule has 0 fully saturated rings. The molecule has 2 aliphatic carbocycles. The van der Waals surface area contributed by atoms with Gasteiger partial charge >= 0.3 is 0 Å². The van der Waals surface area contributed by atoms with E-state index in [-0.39, 0.29) is 43.0 Å². The molecule has 0 amide bonds. The van der Waals surface area contributed by atoms with Gasteiger partial charge in [-0.3, -0.25) is 0 Å². The maximum absolute atomic E-state index is 2.56. The highest BCUT2D eigenvalue weighted by Gasteiger charge is 2.41. The molecule has 0 N–H and O–H groups in total. The Balaban J connectivity index is 0.00000392. The minimum Gasteiger partial charge on any atom is -0.0900 e. The zero-order chi connectivity index (χ0) is 20.3. The first-order valence-corrected chi connectivity index (χ1v) is 14.2. The van der Waals surface area contributed by atoms with E-state index in [4.69, 9.17) is 0 Å². The maximum atomic E-state index is 2.56. The van der Waals surface area contributed by atoms with Gasteiger partial charge in [-0.1, -0.05) is 112 Å². The maximum Gasteiger partial charge on any atom is 0.0264 e. The second kappa shape index (κ2) is 11.0. The highest BCUT2D eigenvalue weighted by molar-refractivity contribution is 7.61. The normalized spacial score (nSPS) is 21.8. The third kappa shape index (κ3) is 6.97. The Morgan fingerprint density at radius 1 is 0.621 bits per heavy atom. The molecule has 2 atom stereocenters. The van der Waals surface area contributed by atoms with Crippen molar-refractivity contribution in [1.29, 1.82) is 0 Å². The molecule has 0 aromatic heterocycles. The summed E-state index contributed by atoms with van der Waals surface area (Å²) in [5.41, 5.74) is 0. The molecule has 158 valence electrons. The lowest BCUT2D eigenvalue weighted by molar-refractivity contribution is 0.589. The predicted octanol–water partition coefficient (Wildman–Crippen LogP) is 7.73. The van der Waals surface area contributed by atoms with Gasteiger partial charge in [0.1, 0.15) is 0 Å². The van der Waals surface area contributed by atoms with Gasteiger partial charge < -0.3 is 0 Å². The SMILES string of the molecule is CP(C(C)(C)C)C1(CCCC2(P(C)C(C)(C)C)C=CCC=C2)C=CCC=C1.[B].[B]. The third-order valence-corrected chi connectivity index (χ3v) is 14.2. The second-order valence-corrected chi connectivity index (χ2v) is 17.0. The first-order valence-electron chi connectivity index (χ1n) is 10.6. The van der Waals surface area contributed by atoms with Crippen LogP contribution in [-0.4, -0.2) is 50.8 Å². The largest absolute Gasteiger partial charge is 0.0900 e. The molecule has 0 aromatic carbocycles. The smallest absolute Gasteiger partial charge is 0.0264 e. The Morgan fingerprint density at radius 2 is 0.897 bits per heavy atom. The van der Waals surface area contributed by atoms with Gasteiger partial charge in [-0.25, -0.2) is 0 Å². The molecule has 0 spiro atoms. The fourth-order valence-corrected chi connectivity index (χ4v) is 9.18. The highest BCUT2D eigenvalue weighted by atomic mass is 31.1. The van der Waals surface area contributed by atoms with Crippen LogP contribution in [0.3, 0.4) is 0 Å². The van der Waals surface area contributed by atoms with Gasteiger partial charge in [0.2, 0.25) is 0 Å². The Bertz CT molecular complexity index is 540. The summed E-state index contributed by atoms with van der Waals surface area (Å²) < 4.78 is 0. The van der Waals surface area contributed by atoms with Gasteiger partial charge in [-0.15, -0.1) is 0 Å². The predicted molar refractivity (Wildman–Crippen MR) is 142 cm³/mol. The van der Waals surface area contributed by atoms with Crippen molar-refractivity contribution in [3.8, 4) is 0 Å². The van der Waals surface area contributed by atoms with E-state index in [1.54, 1.807) is 0 Å². The van der Waals surface area contributed by atoms with Crippen molar-refractivity contribution >= 4 is 32.7 Å². The summed E-state index contributed by atoms with van der Waals surface area (Å²) >= 11 is 0. The summed E-state index contributed by atoms with van der Waals surface area (Å²) in [5.74, 6) is 0. The summed E-state index contributed by atoms with van der Waals surface area (Å²) in [5, 5.41) is 1.33. The van der Waals surface area contributed by atoms with Crippen molar-refractivity contribution < 1.29 is 0 Å². The molecular weight excluding hydrogens is 384 g/mol. The summed E-state index contributed by atoms with van der Waals surface area (Å²) in [6, 6.07) is 0. The van der Waals surface area contributed by atoms with Crippen LogP contribution in [0.5, 0.6) is 0 Å². The minimum absolute atomic E-state index is 0. The van der Waals surface area contributed by atoms with Crippen molar-refractivity contribution in [2.24, 2.45) is 0 Å². The second-order valence-electron chi connectivity index (χ2n) is 10.4. The molecule has 0 heterocycles. The van der Waals surface area contributed by atoms with Crippen LogP contribution >= 0.6 is 15.8 Å². The lowest BCUT2D eigenvalue weighted by Gasteiger charge is -2.46. The number of allylic oxidation sites excluding steroid dienone is 8. The minimum atomic E-state index is -0.112. The fraction of sp³-hybridized carbons (Fsp3) is 0.680. The van der Waals surface area contributed by atoms with E-state index < -0.39 is 0 Å². The average molecular weight is 426 g/mol. The molecule has 4 heteroatoms. The van der Waals surface area contributed by atoms with E-state index in [9.17, 15) is 0 Å². The summed E-state index contributed by atoms with van der Waals surface area (Å²) in [7, 11) is -0.224. The molecule has 0 saturated heterocycles. The zero-order valence-corrected chi connectivity index (χ0v) is 22.0. The molecule has 0 aliphatic heterocycles. The van der Waals surface area contributed by atoms with Crippen molar-refractivity contribution in [2.45, 2.75) is 94.3 Å². The molecule has 0 saturated carbocycles. The van der Waals surface area contributed by atoms with E-state index in [0.29, 0.717) is 10.3 Å². The zero-order valence-electron chi connectivity index (χ0n) is 20.2. The lowest BCUT2D eigenvalue weighted by Crippen LogP contribution is -2.33. The Morgan fingerprint density at radius 3 is 1.14 bits per heavy atom. The molecular formula is C25H42B2P2. The molecule has 29 heavy (non-hydrogen) atoms. The van der Waals surface area contributed by atoms with Gasteiger partial charge in [0.05, 0.1) is 0 Å². The monoisotopic (exact) mass is 426 g/mol. The van der Waals surface area contributed by atoms with E-state index in [1.807, 2.05) is 0 Å². The van der Waals surface area contributed by atoms with Crippen LogP contribution in [0, 0.1) is 0 Å². The van der Waals surface area contributed by atoms with Crippen LogP contribution in [0.25, 0.3) is 0 Å². The first-order chi connectivity index (χ1) is 12.4. The van der Waals surface area contributed by atoms with Crippen molar-refractivity contribution in [1.82, 2.24) is 0 Å². The van der Waals surface area contributed by atoms with Crippen molar-refractivity contribution in [2.75, 3.05) is 13.3 Å². The Kier molecular flexibility index (Phi) is 11.0. The summed E-state index contributed by atoms with van der Waals surface area (Å²) in [4.78, 5) is 0. The van der Waals surface area contributed by atoms with Gasteiger partial charge in [-0.05, 0) is 49.3 Å². The average Bonchev–Trinajstić information content (AvgIpc) is 2.60. The molecule has 0 nitrogen and oxygen atoms in total. The quantitative estimate of drug-likeness (QED) is 0.232. The van der Waals surface area contributed by atoms with E-state index in [1.165, 1.54) is 19.3 Å². The molecule has 2 aliphatic rings. The standard InChI is InChI=1S/C25H42P2.2B/c1-22(2,3)26(7)24(16-11-9-12-17-24)20-15-21-25(18-13-10-14-19-25)27(8)23(4,5)6;;/h11-14,16-19H,9-10,15,20-21H2,1-8H3;;. The third-order valence-electron chi connectivity index (χ3n) is 6.59. The first kappa shape index (κ1) is 28.9. The van der Waals surface area contributed by atoms with Crippen LogP contribution in [0.15, 0.2) is 48.6 Å². The van der Waals surface area contributed by atoms with Gasteiger partial charge in [-0.2, -0.15) is 0 Å². The lowest BCUT2D eigenvalue weighted by atomic mass is 9.90. The van der Waals surface area contributed by atoms with Crippen molar-refractivity contribution in [3.05, 3.63) is 48.6 Å². The van der Waals surface area contributed by atoms with Gasteiger partial charge in [0.15, 0.2) is 0 Å². The van der Waals surface area contributed by atoms with Gasteiger partial charge in [0, 0.05) is 27.1 Å². The summed E-state index contributed by atoms with van der Waals surface area (Å²) in [6.45, 7) is 19.6. The van der Waals surface area contributed by atoms with Crippen LogP contribution < -0.4 is 0 Å². The molecule has 2 unspecified atom stereocenters. The topological polar surface area (TPSA) is 0 Å². The van der Waals surface area contributed by atoms with Crippen LogP contribution in [0.1, 0.15) is 73.6 Å². The van der Waals surface area contributed by atoms with Crippen LogP contribution in [0.4, 0.5) is 0 Å². The number of rotatable bonds is 6. The molecule has 0 aromatic rings. The Labute approximate surface area is 188 Å². The fourth-order valence-electron chi connectivity index (χ4n) is 4.38. The molecule has 2 rings (SSSR count).